The van der Waals surface area contributed by atoms with Crippen LogP contribution in [-0.4, -0.2) is 47.1 Å². The van der Waals surface area contributed by atoms with Gasteiger partial charge in [-0.3, -0.25) is 4.79 Å². The number of pyridine rings is 1. The quantitative estimate of drug-likeness (QED) is 0.859. The van der Waals surface area contributed by atoms with E-state index < -0.39 is 5.60 Å². The van der Waals surface area contributed by atoms with Crippen LogP contribution in [0.2, 0.25) is 5.15 Å². The number of hydrogen-bond acceptors (Lipinski definition) is 4. The zero-order valence-electron chi connectivity index (χ0n) is 13.6. The van der Waals surface area contributed by atoms with Crippen LogP contribution in [0.25, 0.3) is 0 Å². The van der Waals surface area contributed by atoms with Gasteiger partial charge in [-0.25, -0.2) is 9.78 Å². The van der Waals surface area contributed by atoms with E-state index in [0.717, 1.165) is 6.42 Å². The Bertz CT molecular complexity index is 569. The summed E-state index contributed by atoms with van der Waals surface area (Å²) in [6.07, 6.45) is 1.99. The van der Waals surface area contributed by atoms with Crippen LogP contribution in [0, 0.1) is 5.92 Å². The van der Waals surface area contributed by atoms with E-state index in [1.807, 2.05) is 20.8 Å². The molecule has 1 atom stereocenters. The zero-order chi connectivity index (χ0) is 17.0. The lowest BCUT2D eigenvalue weighted by atomic mass is 10.1. The number of rotatable bonds is 3. The second-order valence-electron chi connectivity index (χ2n) is 6.66. The molecular weight excluding hydrogens is 318 g/mol. The smallest absolute Gasteiger partial charge is 0.410 e. The molecule has 1 saturated heterocycles. The van der Waals surface area contributed by atoms with Gasteiger partial charge < -0.3 is 15.0 Å². The minimum absolute atomic E-state index is 0.190. The van der Waals surface area contributed by atoms with Crippen molar-refractivity contribution in [1.82, 2.24) is 15.2 Å². The van der Waals surface area contributed by atoms with Crippen molar-refractivity contribution in [3.63, 3.8) is 0 Å². The van der Waals surface area contributed by atoms with E-state index in [0.29, 0.717) is 30.4 Å². The highest BCUT2D eigenvalue weighted by molar-refractivity contribution is 6.29. The number of halogens is 1. The van der Waals surface area contributed by atoms with Crippen molar-refractivity contribution in [3.05, 3.63) is 29.0 Å². The number of likely N-dealkylation sites (tertiary alicyclic amines) is 1. The zero-order valence-corrected chi connectivity index (χ0v) is 14.4. The average Bonchev–Trinajstić information content (AvgIpc) is 2.93. The summed E-state index contributed by atoms with van der Waals surface area (Å²) < 4.78 is 5.35. The second-order valence-corrected chi connectivity index (χ2v) is 7.05. The lowest BCUT2D eigenvalue weighted by Gasteiger charge is -2.24. The predicted molar refractivity (Wildman–Crippen MR) is 87.5 cm³/mol. The van der Waals surface area contributed by atoms with Gasteiger partial charge in [-0.1, -0.05) is 11.6 Å². The minimum atomic E-state index is -0.495. The maximum atomic E-state index is 12.0. The van der Waals surface area contributed by atoms with Gasteiger partial charge in [0.15, 0.2) is 0 Å². The Kier molecular flexibility index (Phi) is 5.46. The summed E-state index contributed by atoms with van der Waals surface area (Å²) in [6.45, 7) is 7.29. The Morgan fingerprint density at radius 2 is 2.17 bits per heavy atom. The van der Waals surface area contributed by atoms with Gasteiger partial charge in [-0.15, -0.1) is 0 Å². The summed E-state index contributed by atoms with van der Waals surface area (Å²) >= 11 is 5.70. The minimum Gasteiger partial charge on any atom is -0.444 e. The van der Waals surface area contributed by atoms with Crippen LogP contribution in [0.5, 0.6) is 0 Å². The Labute approximate surface area is 141 Å². The Morgan fingerprint density at radius 1 is 1.43 bits per heavy atom. The van der Waals surface area contributed by atoms with E-state index in [-0.39, 0.29) is 17.9 Å². The van der Waals surface area contributed by atoms with Crippen LogP contribution in [0.4, 0.5) is 4.79 Å². The molecule has 1 N–H and O–H groups in total. The molecule has 0 spiro atoms. The summed E-state index contributed by atoms with van der Waals surface area (Å²) in [5.74, 6) is 0.0385. The fourth-order valence-corrected chi connectivity index (χ4v) is 2.45. The molecule has 0 aliphatic carbocycles. The molecule has 0 saturated carbocycles. The highest BCUT2D eigenvalue weighted by Crippen LogP contribution is 2.19. The third kappa shape index (κ3) is 5.39. The fraction of sp³-hybridized carbons (Fsp3) is 0.562. The van der Waals surface area contributed by atoms with E-state index in [1.54, 1.807) is 17.0 Å². The number of hydrogen-bond donors (Lipinski definition) is 1. The maximum Gasteiger partial charge on any atom is 0.410 e. The van der Waals surface area contributed by atoms with Gasteiger partial charge >= 0.3 is 6.09 Å². The number of carbonyl (C=O) groups is 2. The topological polar surface area (TPSA) is 71.5 Å². The first-order chi connectivity index (χ1) is 10.7. The number of carbonyl (C=O) groups excluding carboxylic acids is 2. The first-order valence-electron chi connectivity index (χ1n) is 7.62. The molecule has 0 bridgehead atoms. The van der Waals surface area contributed by atoms with Crippen molar-refractivity contribution in [3.8, 4) is 0 Å². The lowest BCUT2D eigenvalue weighted by molar-refractivity contribution is 0.0288. The van der Waals surface area contributed by atoms with Crippen LogP contribution in [0.1, 0.15) is 37.6 Å². The number of aromatic nitrogens is 1. The number of nitrogens with zero attached hydrogens (tertiary/aromatic N) is 2. The van der Waals surface area contributed by atoms with Gasteiger partial charge in [-0.2, -0.15) is 0 Å². The summed E-state index contributed by atoms with van der Waals surface area (Å²) in [6, 6.07) is 3.21. The number of nitrogens with one attached hydrogen (secondary N) is 1. The van der Waals surface area contributed by atoms with Crippen LogP contribution in [0.15, 0.2) is 18.3 Å². The molecule has 7 heteroatoms. The Balaban J connectivity index is 1.78. The summed E-state index contributed by atoms with van der Waals surface area (Å²) in [5.41, 5.74) is -0.0262. The van der Waals surface area contributed by atoms with Crippen molar-refractivity contribution < 1.29 is 14.3 Å². The van der Waals surface area contributed by atoms with Crippen molar-refractivity contribution in [2.45, 2.75) is 32.8 Å². The fourth-order valence-electron chi connectivity index (χ4n) is 2.34. The van der Waals surface area contributed by atoms with E-state index in [4.69, 9.17) is 16.3 Å². The Morgan fingerprint density at radius 3 is 2.78 bits per heavy atom. The van der Waals surface area contributed by atoms with Crippen LogP contribution >= 0.6 is 11.6 Å². The van der Waals surface area contributed by atoms with Crippen molar-refractivity contribution in [2.75, 3.05) is 19.6 Å². The first-order valence-corrected chi connectivity index (χ1v) is 8.00. The third-order valence-corrected chi connectivity index (χ3v) is 3.70. The first kappa shape index (κ1) is 17.5. The number of ether oxygens (including phenoxy) is 1. The molecule has 0 radical (unpaired) electrons. The molecule has 1 aromatic heterocycles. The summed E-state index contributed by atoms with van der Waals surface area (Å²) in [4.78, 5) is 29.6. The molecule has 2 amide bonds. The molecule has 0 aromatic carbocycles. The maximum absolute atomic E-state index is 12.0. The van der Waals surface area contributed by atoms with Gasteiger partial charge in [0.1, 0.15) is 10.8 Å². The largest absolute Gasteiger partial charge is 0.444 e. The van der Waals surface area contributed by atoms with Crippen molar-refractivity contribution >= 4 is 23.6 Å². The second kappa shape index (κ2) is 7.17. The van der Waals surface area contributed by atoms with Gasteiger partial charge in [0.2, 0.25) is 0 Å². The van der Waals surface area contributed by atoms with E-state index in [2.05, 4.69) is 10.3 Å². The highest BCUT2D eigenvalue weighted by atomic mass is 35.5. The summed E-state index contributed by atoms with van der Waals surface area (Å²) in [7, 11) is 0. The lowest BCUT2D eigenvalue weighted by Crippen LogP contribution is -2.36. The van der Waals surface area contributed by atoms with Gasteiger partial charge in [0, 0.05) is 25.8 Å². The molecule has 1 aromatic rings. The molecule has 1 aliphatic heterocycles. The monoisotopic (exact) mass is 339 g/mol. The standard InChI is InChI=1S/C16H22ClN3O3/c1-16(2,3)23-15(22)20-7-6-11(10-20)8-19-14(21)12-4-5-13(17)18-9-12/h4-5,9,11H,6-8,10H2,1-3H3,(H,19,21). The number of amides is 2. The van der Waals surface area contributed by atoms with Crippen LogP contribution < -0.4 is 5.32 Å². The molecule has 1 aliphatic rings. The molecule has 2 heterocycles. The van der Waals surface area contributed by atoms with Gasteiger partial charge in [0.25, 0.3) is 5.91 Å². The molecule has 2 rings (SSSR count). The molecule has 1 fully saturated rings. The molecule has 23 heavy (non-hydrogen) atoms. The third-order valence-electron chi connectivity index (χ3n) is 3.48. The normalized spacial score (nSPS) is 17.9. The molecule has 126 valence electrons. The highest BCUT2D eigenvalue weighted by Gasteiger charge is 2.29. The van der Waals surface area contributed by atoms with Crippen LogP contribution in [0.3, 0.4) is 0 Å². The van der Waals surface area contributed by atoms with Crippen molar-refractivity contribution in [1.29, 1.82) is 0 Å². The summed E-state index contributed by atoms with van der Waals surface area (Å²) in [5, 5.41) is 3.22. The van der Waals surface area contributed by atoms with E-state index >= 15 is 0 Å². The molecule has 1 unspecified atom stereocenters. The molecule has 6 nitrogen and oxygen atoms in total. The van der Waals surface area contributed by atoms with Gasteiger partial charge in [0.05, 0.1) is 5.56 Å². The van der Waals surface area contributed by atoms with Crippen molar-refractivity contribution in [2.24, 2.45) is 5.92 Å². The SMILES string of the molecule is CC(C)(C)OC(=O)N1CCC(CNC(=O)c2ccc(Cl)nc2)C1. The van der Waals surface area contributed by atoms with E-state index in [1.165, 1.54) is 6.20 Å². The predicted octanol–water partition coefficient (Wildman–Crippen LogP) is 2.72. The van der Waals surface area contributed by atoms with Crippen LogP contribution in [-0.2, 0) is 4.74 Å². The Hall–Kier alpha value is -1.82. The molecular formula is C16H22ClN3O3. The average molecular weight is 340 g/mol. The van der Waals surface area contributed by atoms with E-state index in [9.17, 15) is 9.59 Å². The van der Waals surface area contributed by atoms with Gasteiger partial charge in [-0.05, 0) is 45.2 Å².